The van der Waals surface area contributed by atoms with Gasteiger partial charge in [-0.1, -0.05) is 6.07 Å². The van der Waals surface area contributed by atoms with E-state index in [0.29, 0.717) is 31.9 Å². The van der Waals surface area contributed by atoms with E-state index >= 15 is 0 Å². The lowest BCUT2D eigenvalue weighted by Crippen LogP contribution is -2.36. The van der Waals surface area contributed by atoms with Crippen molar-refractivity contribution in [1.82, 2.24) is 4.90 Å². The zero-order chi connectivity index (χ0) is 16.0. The summed E-state index contributed by atoms with van der Waals surface area (Å²) in [5.74, 6) is -0.0627. The van der Waals surface area contributed by atoms with Crippen molar-refractivity contribution in [3.05, 3.63) is 29.8 Å². The van der Waals surface area contributed by atoms with Crippen molar-refractivity contribution in [2.24, 2.45) is 11.3 Å². The van der Waals surface area contributed by atoms with Gasteiger partial charge in [-0.25, -0.2) is 8.42 Å². The van der Waals surface area contributed by atoms with Crippen LogP contribution in [-0.4, -0.2) is 63.5 Å². The number of aliphatic hydroxyl groups excluding tert-OH is 1. The van der Waals surface area contributed by atoms with Gasteiger partial charge in [0.05, 0.1) is 24.7 Å². The topological polar surface area (TPSA) is 83.9 Å². The molecule has 1 aromatic carbocycles. The Morgan fingerprint density at radius 2 is 2.27 bits per heavy atom. The van der Waals surface area contributed by atoms with E-state index in [1.807, 2.05) is 0 Å². The highest BCUT2D eigenvalue weighted by Gasteiger charge is 2.51. The number of carbonyl (C=O) groups excluding carboxylic acids is 1. The van der Waals surface area contributed by atoms with Crippen LogP contribution in [0.5, 0.6) is 0 Å². The minimum atomic E-state index is -3.34. The summed E-state index contributed by atoms with van der Waals surface area (Å²) in [6.07, 6.45) is 1.12. The first kappa shape index (κ1) is 15.5. The molecule has 120 valence electrons. The number of likely N-dealkylation sites (tertiary alicyclic amines) is 1. The molecule has 22 heavy (non-hydrogen) atoms. The van der Waals surface area contributed by atoms with Crippen LogP contribution in [0.2, 0.25) is 0 Å². The molecule has 2 aliphatic rings. The van der Waals surface area contributed by atoms with Crippen LogP contribution in [0.3, 0.4) is 0 Å². The number of aliphatic hydroxyl groups is 1. The minimum Gasteiger partial charge on any atom is -0.396 e. The largest absolute Gasteiger partial charge is 0.396 e. The van der Waals surface area contributed by atoms with Gasteiger partial charge in [-0.15, -0.1) is 0 Å². The summed E-state index contributed by atoms with van der Waals surface area (Å²) in [6.45, 7) is 1.97. The Morgan fingerprint density at radius 1 is 1.50 bits per heavy atom. The van der Waals surface area contributed by atoms with E-state index in [2.05, 4.69) is 0 Å². The van der Waals surface area contributed by atoms with Crippen molar-refractivity contribution in [3.8, 4) is 0 Å². The number of amides is 1. The van der Waals surface area contributed by atoms with Crippen LogP contribution in [0.1, 0.15) is 10.4 Å². The number of ether oxygens (including phenoxy) is 1. The number of fused-ring (bicyclic) bond motifs is 1. The molecular formula is C15H19NO5S. The average Bonchev–Trinajstić information content (AvgIpc) is 3.03. The molecule has 2 atom stereocenters. The number of hydrogen-bond donors (Lipinski definition) is 1. The van der Waals surface area contributed by atoms with Gasteiger partial charge in [-0.05, 0) is 18.2 Å². The number of benzene rings is 1. The van der Waals surface area contributed by atoms with Gasteiger partial charge in [0.2, 0.25) is 0 Å². The summed E-state index contributed by atoms with van der Waals surface area (Å²) < 4.78 is 28.6. The molecule has 2 fully saturated rings. The van der Waals surface area contributed by atoms with Crippen LogP contribution in [0.4, 0.5) is 0 Å². The van der Waals surface area contributed by atoms with Gasteiger partial charge >= 0.3 is 0 Å². The standard InChI is InChI=1S/C15H19NO5S/c1-22(19,20)13-4-2-3-11(5-13)14(18)16-6-12-7-21-10-15(12,8-16)9-17/h2-5,12,17H,6-10H2,1H3/t12-,15-/m0/s1. The Balaban J connectivity index is 1.84. The highest BCUT2D eigenvalue weighted by Crippen LogP contribution is 2.41. The monoisotopic (exact) mass is 325 g/mol. The molecule has 1 aromatic rings. The predicted molar refractivity (Wildman–Crippen MR) is 79.3 cm³/mol. The molecule has 0 unspecified atom stereocenters. The normalized spacial score (nSPS) is 27.9. The number of rotatable bonds is 3. The smallest absolute Gasteiger partial charge is 0.253 e. The Morgan fingerprint density at radius 3 is 2.91 bits per heavy atom. The van der Waals surface area contributed by atoms with E-state index in [0.717, 1.165) is 6.26 Å². The third-order valence-corrected chi connectivity index (χ3v) is 5.74. The van der Waals surface area contributed by atoms with Crippen molar-refractivity contribution < 1.29 is 23.1 Å². The SMILES string of the molecule is CS(=O)(=O)c1cccc(C(=O)N2C[C@H]3COC[C@@]3(CO)C2)c1. The van der Waals surface area contributed by atoms with Crippen molar-refractivity contribution in [2.45, 2.75) is 4.90 Å². The molecule has 2 aliphatic heterocycles. The first-order chi connectivity index (χ1) is 10.4. The van der Waals surface area contributed by atoms with E-state index in [1.165, 1.54) is 12.1 Å². The zero-order valence-electron chi connectivity index (χ0n) is 12.4. The lowest BCUT2D eigenvalue weighted by Gasteiger charge is -2.24. The summed E-state index contributed by atoms with van der Waals surface area (Å²) in [5.41, 5.74) is -0.0127. The summed E-state index contributed by atoms with van der Waals surface area (Å²) >= 11 is 0. The number of nitrogens with zero attached hydrogens (tertiary/aromatic N) is 1. The van der Waals surface area contributed by atoms with E-state index in [4.69, 9.17) is 4.74 Å². The summed E-state index contributed by atoms with van der Waals surface area (Å²) in [6, 6.07) is 6.08. The van der Waals surface area contributed by atoms with Gasteiger partial charge in [0.1, 0.15) is 0 Å². The Bertz CT molecular complexity index is 702. The van der Waals surface area contributed by atoms with E-state index in [1.54, 1.807) is 17.0 Å². The van der Waals surface area contributed by atoms with E-state index in [9.17, 15) is 18.3 Å². The second kappa shape index (κ2) is 5.33. The van der Waals surface area contributed by atoms with E-state index < -0.39 is 9.84 Å². The molecular weight excluding hydrogens is 306 g/mol. The second-order valence-electron chi connectivity index (χ2n) is 6.22. The molecule has 0 bridgehead atoms. The Kier molecular flexibility index (Phi) is 3.74. The lowest BCUT2D eigenvalue weighted by molar-refractivity contribution is 0.0630. The quantitative estimate of drug-likeness (QED) is 0.856. The van der Waals surface area contributed by atoms with Crippen LogP contribution >= 0.6 is 0 Å². The lowest BCUT2D eigenvalue weighted by atomic mass is 9.82. The predicted octanol–water partition coefficient (Wildman–Crippen LogP) is 0.171. The maximum atomic E-state index is 12.6. The summed E-state index contributed by atoms with van der Waals surface area (Å²) in [7, 11) is -3.34. The fraction of sp³-hybridized carbons (Fsp3) is 0.533. The van der Waals surface area contributed by atoms with E-state index in [-0.39, 0.29) is 28.7 Å². The molecule has 1 amide bonds. The fourth-order valence-electron chi connectivity index (χ4n) is 3.25. The minimum absolute atomic E-state index is 0.00910. The van der Waals surface area contributed by atoms with Crippen LogP contribution in [-0.2, 0) is 14.6 Å². The van der Waals surface area contributed by atoms with Crippen LogP contribution in [0.15, 0.2) is 29.2 Å². The van der Waals surface area contributed by atoms with Crippen molar-refractivity contribution in [1.29, 1.82) is 0 Å². The fourth-order valence-corrected chi connectivity index (χ4v) is 3.92. The van der Waals surface area contributed by atoms with Gasteiger partial charge in [0.15, 0.2) is 9.84 Å². The van der Waals surface area contributed by atoms with Crippen molar-refractivity contribution >= 4 is 15.7 Å². The van der Waals surface area contributed by atoms with Crippen LogP contribution in [0.25, 0.3) is 0 Å². The molecule has 1 N–H and O–H groups in total. The highest BCUT2D eigenvalue weighted by atomic mass is 32.2. The summed E-state index contributed by atoms with van der Waals surface area (Å²) in [5, 5.41) is 9.65. The Hall–Kier alpha value is -1.44. The maximum Gasteiger partial charge on any atom is 0.253 e. The third kappa shape index (κ3) is 2.53. The second-order valence-corrected chi connectivity index (χ2v) is 8.23. The number of hydrogen-bond acceptors (Lipinski definition) is 5. The maximum absolute atomic E-state index is 12.6. The van der Waals surface area contributed by atoms with Gasteiger partial charge in [-0.3, -0.25) is 4.79 Å². The molecule has 2 heterocycles. The average molecular weight is 325 g/mol. The van der Waals surface area contributed by atoms with Crippen LogP contribution < -0.4 is 0 Å². The first-order valence-electron chi connectivity index (χ1n) is 7.14. The van der Waals surface area contributed by atoms with Gasteiger partial charge in [0.25, 0.3) is 5.91 Å². The molecule has 7 heteroatoms. The molecule has 0 radical (unpaired) electrons. The number of sulfone groups is 1. The highest BCUT2D eigenvalue weighted by molar-refractivity contribution is 7.90. The van der Waals surface area contributed by atoms with Gasteiger partial charge < -0.3 is 14.7 Å². The molecule has 0 saturated carbocycles. The van der Waals surface area contributed by atoms with Crippen molar-refractivity contribution in [2.75, 3.05) is 39.2 Å². The summed E-state index contributed by atoms with van der Waals surface area (Å²) in [4.78, 5) is 14.4. The van der Waals surface area contributed by atoms with Gasteiger partial charge in [0, 0.05) is 36.2 Å². The Labute approximate surface area is 129 Å². The molecule has 0 spiro atoms. The van der Waals surface area contributed by atoms with Crippen molar-refractivity contribution in [3.63, 3.8) is 0 Å². The molecule has 3 rings (SSSR count). The van der Waals surface area contributed by atoms with Gasteiger partial charge in [-0.2, -0.15) is 0 Å². The first-order valence-corrected chi connectivity index (χ1v) is 9.03. The molecule has 2 saturated heterocycles. The number of carbonyl (C=O) groups is 1. The molecule has 0 aliphatic carbocycles. The molecule has 6 nitrogen and oxygen atoms in total. The van der Waals surface area contributed by atoms with Crippen LogP contribution in [0, 0.1) is 11.3 Å². The zero-order valence-corrected chi connectivity index (χ0v) is 13.2. The third-order valence-electron chi connectivity index (χ3n) is 4.63. The molecule has 0 aromatic heterocycles.